The van der Waals surface area contributed by atoms with Crippen LogP contribution in [0.2, 0.25) is 0 Å². The number of pyridine rings is 1. The molecule has 4 unspecified atom stereocenters. The lowest BCUT2D eigenvalue weighted by Crippen LogP contribution is -2.59. The van der Waals surface area contributed by atoms with Gasteiger partial charge in [0.25, 0.3) is 0 Å². The third-order valence-corrected chi connectivity index (χ3v) is 37.0. The van der Waals surface area contributed by atoms with Crippen molar-refractivity contribution in [3.8, 4) is 17.4 Å². The van der Waals surface area contributed by atoms with Gasteiger partial charge in [0.15, 0.2) is 0 Å². The van der Waals surface area contributed by atoms with Gasteiger partial charge in [0, 0.05) is 157 Å². The summed E-state index contributed by atoms with van der Waals surface area (Å²) in [6.07, 6.45) is 47.1. The SMILES string of the molecule is CCCNC(=O)Oc1ccc(C2CCC[C@]3(C2)OOC2(O3)C3CC4CC(C3)CC2C4)cc1.CCCc1ccc(C2CCC[C@]3(C2)OOC2(O3)C3CC4CC(C3)CC2C4)cc1.Cc1cc(OCCN2CCOCC2)ccc1C1CCC[C@]2(C1)OOC1(O2)C2CC3CC(C2)CC1C3.c1cc(OCCN2CCOCC2)ncc1C1CCC[C@]2(C1)OOC1(O2)C2CC3CC(C2)CC1C3. The standard InChI is InChI=1S/C29H41NO5.C27H38N2O5.C26H35NO5.C25H34O3/c1-20-13-26(32-12-9-30-7-10-31-11-8-30)4-5-27(20)23-3-2-6-28(19-23)33-29(35-34-28)24-15-21-14-22(17-24)18-25(29)16-21;1-2-21(22-3-4-25(28-18-22)31-11-8-29-6-9-30-10-7-29)17-26(5-1)32-27(34-33-26)23-13-19-12-20(15-23)16-24(27)14-19;1-2-10-27-24(28)29-23-7-5-19(6-8-23)20-4-3-9-25(16-20)30-26(32-31-25)21-12-17-11-18(14-21)15-22(26)13-17;1-2-4-17-6-8-20(9-7-17)21-5-3-10-24(16-21)26-25(28-27-24)22-12-18-11-19(14-22)15-23(25)13-18/h4-5,13,21-25H,2-3,6-12,14-19H2,1H3;3-4,18-21,23-24H,1-2,5-17H2;5-8,17-18,20-22H,2-4,9-16H2,1H3,(H,27,28);6-9,18-19,21-23H,2-5,10-16H2,1H3/t21?,22?,23?,24?,25?,28-,29?;19?,20?,21?,23?,24?,26-,27?;17?,18?,20?,21?,22?,25-,26?;18?,19?,21?,22?,23?,24-,25?/m1111/s1. The lowest BCUT2D eigenvalue weighted by atomic mass is 9.53. The quantitative estimate of drug-likeness (QED) is 0.0976. The number of hydrogen-bond acceptors (Lipinski definition) is 21. The van der Waals surface area contributed by atoms with Gasteiger partial charge in [0.1, 0.15) is 24.7 Å². The van der Waals surface area contributed by atoms with E-state index < -0.39 is 52.4 Å². The maximum absolute atomic E-state index is 11.8. The molecule has 1 N–H and O–H groups in total. The van der Waals surface area contributed by atoms with Crippen molar-refractivity contribution < 1.29 is 86.5 Å². The van der Waals surface area contributed by atoms with Gasteiger partial charge in [-0.1, -0.05) is 68.8 Å². The molecule has 0 radical (unpaired) electrons. The second-order valence-corrected chi connectivity index (χ2v) is 45.4. The minimum Gasteiger partial charge on any atom is -0.492 e. The molecular weight excluding hydrogens is 1630 g/mol. The van der Waals surface area contributed by atoms with E-state index >= 15 is 0 Å². The molecule has 6 saturated heterocycles. The van der Waals surface area contributed by atoms with Crippen molar-refractivity contribution in [2.75, 3.05) is 85.5 Å². The molecule has 16 bridgehead atoms. The number of carbonyl (C=O) groups is 1. The lowest BCUT2D eigenvalue weighted by Gasteiger charge is -2.57. The van der Waals surface area contributed by atoms with E-state index in [0.29, 0.717) is 95.8 Å². The van der Waals surface area contributed by atoms with Crippen LogP contribution < -0.4 is 19.5 Å². The van der Waals surface area contributed by atoms with E-state index in [1.807, 2.05) is 31.3 Å². The second-order valence-electron chi connectivity index (χ2n) is 45.4. The third kappa shape index (κ3) is 17.5. The van der Waals surface area contributed by atoms with E-state index in [9.17, 15) is 4.79 Å². The summed E-state index contributed by atoms with van der Waals surface area (Å²) in [4.78, 5) is 70.8. The van der Waals surface area contributed by atoms with Crippen LogP contribution in [0, 0.1) is 102 Å². The Kier molecular flexibility index (Phi) is 24.9. The molecule has 26 aliphatic rings. The number of benzene rings is 3. The Hall–Kier alpha value is -4.96. The second kappa shape index (κ2) is 36.5. The Morgan fingerprint density at radius 3 is 1.13 bits per heavy atom. The maximum atomic E-state index is 11.8. The highest BCUT2D eigenvalue weighted by Gasteiger charge is 2.72. The Morgan fingerprint density at radius 2 is 0.760 bits per heavy atom. The van der Waals surface area contributed by atoms with Crippen molar-refractivity contribution in [3.63, 3.8) is 0 Å². The fraction of sp³-hybridized carbons (Fsp3) is 0.776. The number of ether oxygens (including phenoxy) is 9. The summed E-state index contributed by atoms with van der Waals surface area (Å²) < 4.78 is 56.0. The van der Waals surface area contributed by atoms with Crippen molar-refractivity contribution in [3.05, 3.63) is 118 Å². The molecule has 7 heterocycles. The molecule has 4 aromatic rings. The Morgan fingerprint density at radius 1 is 0.403 bits per heavy atom. The summed E-state index contributed by atoms with van der Waals surface area (Å²) >= 11 is 0. The monoisotopic (exact) mass is 1780 g/mol. The molecule has 30 rings (SSSR count). The summed E-state index contributed by atoms with van der Waals surface area (Å²) in [5.74, 6) is 11.0. The van der Waals surface area contributed by atoms with Gasteiger partial charge in [-0.2, -0.15) is 39.1 Å². The van der Waals surface area contributed by atoms with Crippen LogP contribution in [0.1, 0.15) is 315 Å². The molecule has 6 aliphatic heterocycles. The first-order chi connectivity index (χ1) is 63.1. The van der Waals surface area contributed by atoms with Crippen LogP contribution in [0.5, 0.6) is 17.4 Å². The van der Waals surface area contributed by atoms with Crippen LogP contribution in [-0.4, -0.2) is 153 Å². The number of amides is 1. The van der Waals surface area contributed by atoms with Gasteiger partial charge in [-0.05, 0) is 328 Å². The van der Waals surface area contributed by atoms with Gasteiger partial charge >= 0.3 is 6.09 Å². The predicted molar refractivity (Wildman–Crippen MR) is 480 cm³/mol. The number of morpholine rings is 2. The average Bonchev–Trinajstić information content (AvgIpc) is 1.59. The Balaban J connectivity index is 0.0000000985. The molecule has 22 heteroatoms. The average molecular weight is 1780 g/mol. The normalized spacial score (nSPS) is 43.7. The summed E-state index contributed by atoms with van der Waals surface area (Å²) in [7, 11) is 0. The fourth-order valence-electron chi connectivity index (χ4n) is 31.6. The Labute approximate surface area is 765 Å². The molecule has 22 nitrogen and oxygen atoms in total. The molecule has 1 aromatic heterocycles. The first-order valence-corrected chi connectivity index (χ1v) is 52.4. The van der Waals surface area contributed by atoms with E-state index in [-0.39, 0.29) is 0 Å². The zero-order valence-electron chi connectivity index (χ0n) is 77.6. The molecule has 20 aliphatic carbocycles. The minimum absolute atomic E-state index is 0.349. The molecule has 26 fully saturated rings. The molecule has 1 amide bonds. The topological polar surface area (TPSA) is 205 Å². The van der Waals surface area contributed by atoms with Crippen LogP contribution in [0.4, 0.5) is 4.79 Å². The summed E-state index contributed by atoms with van der Waals surface area (Å²) in [6, 6.07) is 28.0. The number of aryl methyl sites for hydroxylation is 2. The molecular formula is C107H148N4O18. The molecule has 8 spiro atoms. The first kappa shape index (κ1) is 88.0. The van der Waals surface area contributed by atoms with E-state index in [2.05, 4.69) is 94.6 Å². The van der Waals surface area contributed by atoms with Gasteiger partial charge < -0.3 is 47.9 Å². The van der Waals surface area contributed by atoms with Crippen molar-refractivity contribution in [1.29, 1.82) is 0 Å². The maximum Gasteiger partial charge on any atom is 0.412 e. The third-order valence-electron chi connectivity index (χ3n) is 37.0. The van der Waals surface area contributed by atoms with Crippen LogP contribution in [0.25, 0.3) is 0 Å². The number of nitrogens with zero attached hydrogens (tertiary/aromatic N) is 3. The van der Waals surface area contributed by atoms with Crippen molar-refractivity contribution in [1.82, 2.24) is 20.1 Å². The van der Waals surface area contributed by atoms with Crippen LogP contribution in [-0.2, 0) is 73.9 Å². The lowest BCUT2D eigenvalue weighted by molar-refractivity contribution is -0.390. The molecule has 8 atom stereocenters. The zero-order chi connectivity index (χ0) is 86.6. The zero-order valence-corrected chi connectivity index (χ0v) is 77.6. The van der Waals surface area contributed by atoms with Crippen LogP contribution in [0.3, 0.4) is 0 Å². The van der Waals surface area contributed by atoms with Gasteiger partial charge in [0.05, 0.1) is 26.4 Å². The number of nitrogens with one attached hydrogen (secondary N) is 1. The molecule has 3 aromatic carbocycles. The van der Waals surface area contributed by atoms with E-state index in [1.165, 1.54) is 187 Å². The molecule has 20 saturated carbocycles. The Bertz CT molecular complexity index is 4390. The van der Waals surface area contributed by atoms with E-state index in [0.717, 1.165) is 222 Å². The van der Waals surface area contributed by atoms with Crippen molar-refractivity contribution in [2.24, 2.45) is 94.7 Å². The summed E-state index contributed by atoms with van der Waals surface area (Å²) in [5, 5.41) is 2.73. The number of carbonyl (C=O) groups excluding carboxylic acids is 1. The van der Waals surface area contributed by atoms with Gasteiger partial charge in [-0.15, -0.1) is 0 Å². The van der Waals surface area contributed by atoms with Gasteiger partial charge in [0.2, 0.25) is 52.2 Å². The highest BCUT2D eigenvalue weighted by molar-refractivity contribution is 5.70. The summed E-state index contributed by atoms with van der Waals surface area (Å²) in [5.41, 5.74) is 8.08. The molecule has 129 heavy (non-hydrogen) atoms. The number of hydrogen-bond donors (Lipinski definition) is 1. The first-order valence-electron chi connectivity index (χ1n) is 52.4. The van der Waals surface area contributed by atoms with E-state index in [1.54, 1.807) is 0 Å². The fourth-order valence-corrected chi connectivity index (χ4v) is 31.6. The van der Waals surface area contributed by atoms with Gasteiger partial charge in [-0.25, -0.2) is 9.78 Å². The molecule has 704 valence electrons. The largest absolute Gasteiger partial charge is 0.492 e. The highest BCUT2D eigenvalue weighted by atomic mass is 17.3. The van der Waals surface area contributed by atoms with Crippen LogP contribution in [0.15, 0.2) is 85.1 Å². The van der Waals surface area contributed by atoms with Gasteiger partial charge in [-0.3, -0.25) is 9.80 Å². The smallest absolute Gasteiger partial charge is 0.412 e. The van der Waals surface area contributed by atoms with Crippen LogP contribution >= 0.6 is 0 Å². The summed E-state index contributed by atoms with van der Waals surface area (Å²) in [6.45, 7) is 17.6. The minimum atomic E-state index is -0.618. The van der Waals surface area contributed by atoms with E-state index in [4.69, 9.17) is 81.7 Å². The van der Waals surface area contributed by atoms with Crippen molar-refractivity contribution >= 4 is 6.09 Å². The highest BCUT2D eigenvalue weighted by Crippen LogP contribution is 2.70. The van der Waals surface area contributed by atoms with Crippen molar-refractivity contribution in [2.45, 2.75) is 341 Å². The predicted octanol–water partition coefficient (Wildman–Crippen LogP) is 21.3. The number of rotatable bonds is 17. The number of aromatic nitrogens is 1.